The van der Waals surface area contributed by atoms with Crippen LogP contribution in [0.4, 0.5) is 10.2 Å². The van der Waals surface area contributed by atoms with Crippen LogP contribution < -0.4 is 4.90 Å². The zero-order valence-electron chi connectivity index (χ0n) is 18.3. The number of rotatable bonds is 3. The number of hydrogen-bond acceptors (Lipinski definition) is 5. The lowest BCUT2D eigenvalue weighted by molar-refractivity contribution is -0.130. The van der Waals surface area contributed by atoms with Crippen molar-refractivity contribution in [3.63, 3.8) is 0 Å². The van der Waals surface area contributed by atoms with Gasteiger partial charge in [-0.25, -0.2) is 9.37 Å². The van der Waals surface area contributed by atoms with E-state index in [0.717, 1.165) is 42.7 Å². The van der Waals surface area contributed by atoms with Crippen LogP contribution in [0.5, 0.6) is 0 Å². The number of benzene rings is 1. The Balaban J connectivity index is 1.65. The lowest BCUT2D eigenvalue weighted by Gasteiger charge is -2.43. The molecule has 1 aromatic carbocycles. The van der Waals surface area contributed by atoms with E-state index in [1.54, 1.807) is 13.0 Å². The van der Waals surface area contributed by atoms with Gasteiger partial charge in [-0.15, -0.1) is 0 Å². The van der Waals surface area contributed by atoms with Crippen LogP contribution in [0.2, 0.25) is 5.02 Å². The third-order valence-corrected chi connectivity index (χ3v) is 8.10. The van der Waals surface area contributed by atoms with E-state index in [1.165, 1.54) is 0 Å². The third-order valence-electron chi connectivity index (χ3n) is 6.79. The van der Waals surface area contributed by atoms with Crippen molar-refractivity contribution >= 4 is 61.1 Å². The Hall–Kier alpha value is -1.97. The van der Waals surface area contributed by atoms with E-state index in [1.807, 2.05) is 15.8 Å². The summed E-state index contributed by atoms with van der Waals surface area (Å²) in [6.07, 6.45) is 3.44. The van der Waals surface area contributed by atoms with Gasteiger partial charge in [-0.3, -0.25) is 9.48 Å². The summed E-state index contributed by atoms with van der Waals surface area (Å²) in [5.41, 5.74) is 1.15. The summed E-state index contributed by atoms with van der Waals surface area (Å²) in [5, 5.41) is 6.60. The van der Waals surface area contributed by atoms with E-state index >= 15 is 4.39 Å². The zero-order chi connectivity index (χ0) is 22.7. The Bertz CT molecular complexity index is 1220. The SMILES string of the molecule is CC(=O)N1CCC(n2ncc3c(N4CC(N(C)C)C4)nc4c(F)c(Br)c(Cl)cc4c32)CC1. The summed E-state index contributed by atoms with van der Waals surface area (Å²) >= 11 is 9.61. The highest BCUT2D eigenvalue weighted by atomic mass is 79.9. The number of nitrogens with zero attached hydrogens (tertiary/aromatic N) is 6. The Morgan fingerprint density at radius 2 is 1.94 bits per heavy atom. The van der Waals surface area contributed by atoms with Gasteiger partial charge in [0.25, 0.3) is 0 Å². The maximum atomic E-state index is 15.3. The van der Waals surface area contributed by atoms with Gasteiger partial charge in [-0.2, -0.15) is 5.10 Å². The number of fused-ring (bicyclic) bond motifs is 3. The molecule has 7 nitrogen and oxygen atoms in total. The van der Waals surface area contributed by atoms with Gasteiger partial charge in [0.1, 0.15) is 11.3 Å². The molecule has 0 N–H and O–H groups in total. The molecule has 2 saturated heterocycles. The number of halogens is 3. The molecule has 2 aromatic heterocycles. The van der Waals surface area contributed by atoms with Crippen molar-refractivity contribution in [3.8, 4) is 0 Å². The van der Waals surface area contributed by atoms with Gasteiger partial charge < -0.3 is 14.7 Å². The van der Waals surface area contributed by atoms with E-state index < -0.39 is 5.82 Å². The predicted octanol–water partition coefficient (Wildman–Crippen LogP) is 4.07. The van der Waals surface area contributed by atoms with Gasteiger partial charge in [0.05, 0.1) is 32.6 Å². The van der Waals surface area contributed by atoms with E-state index in [0.29, 0.717) is 35.1 Å². The number of amides is 1. The summed E-state index contributed by atoms with van der Waals surface area (Å²) in [6, 6.07) is 2.33. The van der Waals surface area contributed by atoms with Crippen molar-refractivity contribution in [2.75, 3.05) is 45.2 Å². The molecule has 0 bridgehead atoms. The molecule has 0 atom stereocenters. The molecular weight excluding hydrogens is 499 g/mol. The lowest BCUT2D eigenvalue weighted by atomic mass is 10.0. The van der Waals surface area contributed by atoms with Crippen LogP contribution in [0.3, 0.4) is 0 Å². The average Bonchev–Trinajstić information content (AvgIpc) is 3.17. The fourth-order valence-electron chi connectivity index (χ4n) is 4.73. The number of carbonyl (C=O) groups is 1. The number of likely N-dealkylation sites (N-methyl/N-ethyl adjacent to an activating group) is 1. The number of anilines is 1. The number of piperidine rings is 1. The molecular formula is C22H25BrClFN6O. The normalized spacial score (nSPS) is 18.2. The molecule has 0 spiro atoms. The number of likely N-dealkylation sites (tertiary alicyclic amines) is 1. The second kappa shape index (κ2) is 8.11. The van der Waals surface area contributed by atoms with Crippen LogP contribution in [0.15, 0.2) is 16.7 Å². The molecule has 170 valence electrons. The maximum Gasteiger partial charge on any atom is 0.219 e. The first-order chi connectivity index (χ1) is 15.3. The predicted molar refractivity (Wildman–Crippen MR) is 128 cm³/mol. The molecule has 1 amide bonds. The Labute approximate surface area is 199 Å². The van der Waals surface area contributed by atoms with Crippen molar-refractivity contribution in [3.05, 3.63) is 27.6 Å². The van der Waals surface area contributed by atoms with E-state index in [9.17, 15) is 4.79 Å². The monoisotopic (exact) mass is 522 g/mol. The van der Waals surface area contributed by atoms with Crippen LogP contribution in [0.1, 0.15) is 25.8 Å². The van der Waals surface area contributed by atoms with Gasteiger partial charge in [0.15, 0.2) is 5.82 Å². The van der Waals surface area contributed by atoms with Crippen molar-refractivity contribution in [1.82, 2.24) is 24.6 Å². The maximum absolute atomic E-state index is 15.3. The lowest BCUT2D eigenvalue weighted by Crippen LogP contribution is -2.57. The smallest absolute Gasteiger partial charge is 0.219 e. The summed E-state index contributed by atoms with van der Waals surface area (Å²) < 4.78 is 17.5. The molecule has 2 aliphatic rings. The van der Waals surface area contributed by atoms with Gasteiger partial charge in [0, 0.05) is 44.5 Å². The topological polar surface area (TPSA) is 57.5 Å². The van der Waals surface area contributed by atoms with Gasteiger partial charge in [-0.1, -0.05) is 11.6 Å². The highest BCUT2D eigenvalue weighted by Crippen LogP contribution is 2.40. The number of pyridine rings is 1. The van der Waals surface area contributed by atoms with Crippen molar-refractivity contribution in [1.29, 1.82) is 0 Å². The van der Waals surface area contributed by atoms with Crippen LogP contribution in [-0.2, 0) is 4.79 Å². The van der Waals surface area contributed by atoms with Crippen molar-refractivity contribution in [2.45, 2.75) is 31.8 Å². The van der Waals surface area contributed by atoms with Crippen LogP contribution >= 0.6 is 27.5 Å². The van der Waals surface area contributed by atoms with Crippen LogP contribution in [-0.4, -0.2) is 76.8 Å². The molecule has 2 fully saturated rings. The zero-order valence-corrected chi connectivity index (χ0v) is 20.6. The molecule has 32 heavy (non-hydrogen) atoms. The molecule has 0 unspecified atom stereocenters. The summed E-state index contributed by atoms with van der Waals surface area (Å²) in [5.74, 6) is 0.392. The summed E-state index contributed by atoms with van der Waals surface area (Å²) in [7, 11) is 4.13. The molecule has 4 heterocycles. The number of carbonyl (C=O) groups excluding carboxylic acids is 1. The molecule has 0 saturated carbocycles. The first-order valence-corrected chi connectivity index (χ1v) is 11.9. The number of hydrogen-bond donors (Lipinski definition) is 0. The highest BCUT2D eigenvalue weighted by Gasteiger charge is 2.33. The quantitative estimate of drug-likeness (QED) is 0.485. The fourth-order valence-corrected chi connectivity index (χ4v) is 5.23. The molecule has 2 aliphatic heterocycles. The highest BCUT2D eigenvalue weighted by molar-refractivity contribution is 9.10. The second-order valence-corrected chi connectivity index (χ2v) is 10.1. The third kappa shape index (κ3) is 3.45. The summed E-state index contributed by atoms with van der Waals surface area (Å²) in [6.45, 7) is 4.65. The average molecular weight is 524 g/mol. The molecule has 3 aromatic rings. The fraction of sp³-hybridized carbons (Fsp3) is 0.500. The van der Waals surface area contributed by atoms with Crippen molar-refractivity contribution < 1.29 is 9.18 Å². The Morgan fingerprint density at radius 3 is 2.56 bits per heavy atom. The van der Waals surface area contributed by atoms with E-state index in [4.69, 9.17) is 21.7 Å². The van der Waals surface area contributed by atoms with Crippen molar-refractivity contribution in [2.24, 2.45) is 0 Å². The van der Waals surface area contributed by atoms with Crippen LogP contribution in [0, 0.1) is 5.82 Å². The minimum Gasteiger partial charge on any atom is -0.353 e. The van der Waals surface area contributed by atoms with Gasteiger partial charge in [-0.05, 0) is 48.9 Å². The Morgan fingerprint density at radius 1 is 1.25 bits per heavy atom. The minimum atomic E-state index is -0.459. The Kier molecular flexibility index (Phi) is 5.54. The first kappa shape index (κ1) is 21.9. The first-order valence-electron chi connectivity index (χ1n) is 10.8. The number of aromatic nitrogens is 3. The van der Waals surface area contributed by atoms with Gasteiger partial charge in [0.2, 0.25) is 5.91 Å². The largest absolute Gasteiger partial charge is 0.353 e. The minimum absolute atomic E-state index is 0.0950. The molecule has 5 rings (SSSR count). The van der Waals surface area contributed by atoms with E-state index in [2.05, 4.69) is 39.8 Å². The van der Waals surface area contributed by atoms with E-state index in [-0.39, 0.29) is 16.4 Å². The van der Waals surface area contributed by atoms with Gasteiger partial charge >= 0.3 is 0 Å². The van der Waals surface area contributed by atoms with Crippen LogP contribution in [0.25, 0.3) is 21.8 Å². The molecule has 0 radical (unpaired) electrons. The molecule has 10 heteroatoms. The summed E-state index contributed by atoms with van der Waals surface area (Å²) in [4.78, 5) is 22.7. The second-order valence-electron chi connectivity index (χ2n) is 8.93. The standard InChI is InChI=1S/C22H25BrClFN6O/c1-12(32)29-6-4-13(5-7-29)31-21-15-8-17(24)18(23)19(25)20(15)27-22(16(21)9-26-31)30-10-14(11-30)28(2)3/h8-9,13-14H,4-7,10-11H2,1-3H3. The molecule has 0 aliphatic carbocycles.